The molecule has 2 N–H and O–H groups in total. The van der Waals surface area contributed by atoms with Gasteiger partial charge in [0.1, 0.15) is 11.6 Å². The van der Waals surface area contributed by atoms with Crippen molar-refractivity contribution < 1.29 is 13.6 Å². The Hall–Kier alpha value is -3.02. The second-order valence-electron chi connectivity index (χ2n) is 5.06. The third-order valence-electron chi connectivity index (χ3n) is 3.39. The minimum absolute atomic E-state index is 0.131. The minimum atomic E-state index is -0.870. The van der Waals surface area contributed by atoms with Gasteiger partial charge in [-0.1, -0.05) is 18.2 Å². The van der Waals surface area contributed by atoms with Gasteiger partial charge in [-0.3, -0.25) is 9.59 Å². The maximum atomic E-state index is 13.5. The van der Waals surface area contributed by atoms with Crippen molar-refractivity contribution in [3.63, 3.8) is 0 Å². The molecular formula is C17H12F2N2O2. The van der Waals surface area contributed by atoms with Crippen LogP contribution in [0.5, 0.6) is 0 Å². The number of aromatic amines is 1. The van der Waals surface area contributed by atoms with Crippen LogP contribution in [0.3, 0.4) is 0 Å². The maximum absolute atomic E-state index is 13.5. The summed E-state index contributed by atoms with van der Waals surface area (Å²) in [6.45, 7) is 0. The van der Waals surface area contributed by atoms with E-state index in [1.165, 1.54) is 0 Å². The van der Waals surface area contributed by atoms with E-state index in [1.807, 2.05) is 12.1 Å². The van der Waals surface area contributed by atoms with E-state index in [0.29, 0.717) is 11.6 Å². The number of benzene rings is 2. The number of halogens is 2. The molecule has 0 fully saturated rings. The van der Waals surface area contributed by atoms with Gasteiger partial charge in [0.15, 0.2) is 0 Å². The van der Waals surface area contributed by atoms with Crippen LogP contribution in [0, 0.1) is 11.6 Å². The van der Waals surface area contributed by atoms with Crippen LogP contribution in [-0.4, -0.2) is 10.9 Å². The molecule has 3 rings (SSSR count). The molecule has 0 aliphatic carbocycles. The summed E-state index contributed by atoms with van der Waals surface area (Å²) < 4.78 is 26.3. The van der Waals surface area contributed by atoms with Crippen molar-refractivity contribution in [3.8, 4) is 0 Å². The smallest absolute Gasteiger partial charge is 0.252 e. The lowest BCUT2D eigenvalue weighted by Crippen LogP contribution is -2.21. The Morgan fingerprint density at radius 1 is 1.09 bits per heavy atom. The minimum Gasteiger partial charge on any atom is -0.323 e. The number of pyridine rings is 1. The van der Waals surface area contributed by atoms with Gasteiger partial charge in [-0.2, -0.15) is 0 Å². The molecule has 2 aromatic carbocycles. The van der Waals surface area contributed by atoms with Crippen LogP contribution < -0.4 is 10.9 Å². The van der Waals surface area contributed by atoms with Crippen molar-refractivity contribution in [3.05, 3.63) is 76.1 Å². The highest BCUT2D eigenvalue weighted by molar-refractivity contribution is 5.93. The van der Waals surface area contributed by atoms with E-state index in [9.17, 15) is 18.4 Å². The van der Waals surface area contributed by atoms with Gasteiger partial charge >= 0.3 is 0 Å². The number of anilines is 1. The average molecular weight is 314 g/mol. The van der Waals surface area contributed by atoms with Gasteiger partial charge in [-0.25, -0.2) is 8.78 Å². The summed E-state index contributed by atoms with van der Waals surface area (Å²) in [5.74, 6) is -2.16. The Labute approximate surface area is 129 Å². The highest BCUT2D eigenvalue weighted by atomic mass is 19.1. The fourth-order valence-electron chi connectivity index (χ4n) is 2.28. The maximum Gasteiger partial charge on any atom is 0.252 e. The van der Waals surface area contributed by atoms with Gasteiger partial charge in [-0.05, 0) is 29.7 Å². The molecule has 0 radical (unpaired) electrons. The van der Waals surface area contributed by atoms with Gasteiger partial charge in [0.25, 0.3) is 5.56 Å². The predicted molar refractivity (Wildman–Crippen MR) is 83.3 cm³/mol. The largest absolute Gasteiger partial charge is 0.323 e. The summed E-state index contributed by atoms with van der Waals surface area (Å²) in [5, 5.41) is 3.12. The molecule has 0 aliphatic heterocycles. The van der Waals surface area contributed by atoms with Crippen LogP contribution in [0.25, 0.3) is 10.9 Å². The highest BCUT2D eigenvalue weighted by Crippen LogP contribution is 2.15. The first-order valence-corrected chi connectivity index (χ1v) is 6.89. The van der Waals surface area contributed by atoms with Gasteiger partial charge in [0, 0.05) is 17.1 Å². The number of rotatable bonds is 3. The monoisotopic (exact) mass is 314 g/mol. The van der Waals surface area contributed by atoms with Crippen LogP contribution >= 0.6 is 0 Å². The average Bonchev–Trinajstić information content (AvgIpc) is 2.51. The molecule has 1 heterocycles. The van der Waals surface area contributed by atoms with Gasteiger partial charge < -0.3 is 10.3 Å². The summed E-state index contributed by atoms with van der Waals surface area (Å²) in [7, 11) is 0. The Morgan fingerprint density at radius 3 is 2.65 bits per heavy atom. The Balaban J connectivity index is 1.82. The zero-order valence-corrected chi connectivity index (χ0v) is 11.9. The molecule has 23 heavy (non-hydrogen) atoms. The topological polar surface area (TPSA) is 62.0 Å². The van der Waals surface area contributed by atoms with E-state index in [0.717, 1.165) is 17.5 Å². The third-order valence-corrected chi connectivity index (χ3v) is 3.39. The van der Waals surface area contributed by atoms with Gasteiger partial charge in [0.2, 0.25) is 5.91 Å². The lowest BCUT2D eigenvalue weighted by Gasteiger charge is -2.07. The second-order valence-corrected chi connectivity index (χ2v) is 5.06. The van der Waals surface area contributed by atoms with E-state index in [2.05, 4.69) is 10.3 Å². The molecule has 0 bridgehead atoms. The van der Waals surface area contributed by atoms with E-state index in [4.69, 9.17) is 0 Å². The molecule has 0 saturated heterocycles. The number of carbonyl (C=O) groups excluding carboxylic acids is 1. The molecule has 0 saturated carbocycles. The summed E-state index contributed by atoms with van der Waals surface area (Å²) in [6.07, 6.45) is -0.211. The number of para-hydroxylation sites is 1. The summed E-state index contributed by atoms with van der Waals surface area (Å²) in [5.41, 5.74) is 0.432. The van der Waals surface area contributed by atoms with Crippen molar-refractivity contribution >= 4 is 22.5 Å². The summed E-state index contributed by atoms with van der Waals surface area (Å²) >= 11 is 0. The molecular weight excluding hydrogens is 302 g/mol. The molecule has 116 valence electrons. The highest BCUT2D eigenvalue weighted by Gasteiger charge is 2.11. The number of aromatic nitrogens is 1. The number of amides is 1. The number of fused-ring (bicyclic) bond motifs is 1. The first kappa shape index (κ1) is 14.9. The van der Waals surface area contributed by atoms with Crippen molar-refractivity contribution in [2.24, 2.45) is 0 Å². The van der Waals surface area contributed by atoms with Crippen LogP contribution in [0.1, 0.15) is 5.56 Å². The summed E-state index contributed by atoms with van der Waals surface area (Å²) in [6, 6.07) is 11.7. The third kappa shape index (κ3) is 3.26. The van der Waals surface area contributed by atoms with E-state index < -0.39 is 17.5 Å². The van der Waals surface area contributed by atoms with E-state index >= 15 is 0 Å². The lowest BCUT2D eigenvalue weighted by atomic mass is 10.1. The lowest BCUT2D eigenvalue weighted by molar-refractivity contribution is -0.115. The fourth-order valence-corrected chi connectivity index (χ4v) is 2.28. The van der Waals surface area contributed by atoms with Gasteiger partial charge in [-0.15, -0.1) is 0 Å². The van der Waals surface area contributed by atoms with E-state index in [-0.39, 0.29) is 23.2 Å². The molecule has 0 unspecified atom stereocenters. The Kier molecular flexibility index (Phi) is 3.89. The van der Waals surface area contributed by atoms with Gasteiger partial charge in [0.05, 0.1) is 12.1 Å². The molecule has 0 spiro atoms. The van der Waals surface area contributed by atoms with Crippen LogP contribution in [0.15, 0.2) is 53.3 Å². The Morgan fingerprint density at radius 2 is 1.87 bits per heavy atom. The van der Waals surface area contributed by atoms with Crippen LogP contribution in [-0.2, 0) is 11.2 Å². The van der Waals surface area contributed by atoms with Crippen LogP contribution in [0.4, 0.5) is 14.5 Å². The molecule has 1 aromatic heterocycles. The quantitative estimate of drug-likeness (QED) is 0.780. The zero-order chi connectivity index (χ0) is 16.4. The zero-order valence-electron chi connectivity index (χ0n) is 11.9. The second kappa shape index (κ2) is 6.00. The van der Waals surface area contributed by atoms with Crippen molar-refractivity contribution in [2.75, 3.05) is 5.32 Å². The predicted octanol–water partition coefficient (Wildman–Crippen LogP) is 2.99. The van der Waals surface area contributed by atoms with Crippen molar-refractivity contribution in [1.82, 2.24) is 4.98 Å². The number of nitrogens with one attached hydrogen (secondary N) is 2. The number of H-pyrrole nitrogens is 1. The summed E-state index contributed by atoms with van der Waals surface area (Å²) in [4.78, 5) is 26.6. The molecule has 4 nitrogen and oxygen atoms in total. The number of hydrogen-bond donors (Lipinski definition) is 2. The molecule has 1 amide bonds. The molecule has 0 atom stereocenters. The van der Waals surface area contributed by atoms with Crippen molar-refractivity contribution in [1.29, 1.82) is 0 Å². The number of hydrogen-bond acceptors (Lipinski definition) is 2. The molecule has 3 aromatic rings. The standard InChI is InChI=1S/C17H12F2N2O2/c18-12-5-6-15(13(19)9-12)20-16(22)8-11-7-10-3-1-2-4-14(10)21-17(11)23/h1-7,9H,8H2,(H,20,22)(H,21,23). The van der Waals surface area contributed by atoms with Crippen molar-refractivity contribution in [2.45, 2.75) is 6.42 Å². The normalized spacial score (nSPS) is 10.7. The Bertz CT molecular complexity index is 951. The van der Waals surface area contributed by atoms with E-state index in [1.54, 1.807) is 18.2 Å². The van der Waals surface area contributed by atoms with Crippen LogP contribution in [0.2, 0.25) is 0 Å². The number of carbonyl (C=O) groups is 1. The molecule has 6 heteroatoms. The first-order valence-electron chi connectivity index (χ1n) is 6.89. The fraction of sp³-hybridized carbons (Fsp3) is 0.0588. The first-order chi connectivity index (χ1) is 11.0. The molecule has 0 aliphatic rings. The SMILES string of the molecule is O=C(Cc1cc2ccccc2[nH]c1=O)Nc1ccc(F)cc1F.